The lowest BCUT2D eigenvalue weighted by molar-refractivity contribution is -0.122. The molecule has 29 heavy (non-hydrogen) atoms. The van der Waals surface area contributed by atoms with E-state index in [9.17, 15) is 4.79 Å². The Morgan fingerprint density at radius 1 is 1.21 bits per heavy atom. The minimum absolute atomic E-state index is 0.152. The van der Waals surface area contributed by atoms with Gasteiger partial charge in [0.25, 0.3) is 0 Å². The van der Waals surface area contributed by atoms with Crippen LogP contribution in [0.25, 0.3) is 22.6 Å². The maximum Gasteiger partial charge on any atom is 0.225 e. The molecule has 0 spiro atoms. The molecule has 1 aromatic carbocycles. The highest BCUT2D eigenvalue weighted by atomic mass is 16.5. The maximum atomic E-state index is 11.9. The summed E-state index contributed by atoms with van der Waals surface area (Å²) in [7, 11) is 3.82. The summed E-state index contributed by atoms with van der Waals surface area (Å²) in [5.74, 6) is 1.68. The van der Waals surface area contributed by atoms with E-state index in [0.29, 0.717) is 18.3 Å². The molecule has 1 aliphatic carbocycles. The Balaban J connectivity index is 1.66. The van der Waals surface area contributed by atoms with Gasteiger partial charge in [-0.25, -0.2) is 9.97 Å². The van der Waals surface area contributed by atoms with E-state index in [0.717, 1.165) is 46.5 Å². The van der Waals surface area contributed by atoms with Crippen LogP contribution in [-0.4, -0.2) is 35.1 Å². The van der Waals surface area contributed by atoms with Crippen LogP contribution in [0.15, 0.2) is 35.0 Å². The second kappa shape index (κ2) is 7.66. The molecule has 4 rings (SSSR count). The third kappa shape index (κ3) is 3.99. The van der Waals surface area contributed by atoms with Gasteiger partial charge in [-0.15, -0.1) is 0 Å². The van der Waals surface area contributed by atoms with Gasteiger partial charge in [-0.2, -0.15) is 0 Å². The van der Waals surface area contributed by atoms with Crippen LogP contribution in [0.1, 0.15) is 29.7 Å². The number of carbonyl (C=O) groups is 1. The van der Waals surface area contributed by atoms with Crippen molar-refractivity contribution < 1.29 is 9.32 Å². The topological polar surface area (TPSA) is 84.2 Å². The van der Waals surface area contributed by atoms with Crippen LogP contribution in [0, 0.1) is 19.8 Å². The molecule has 2 aromatic heterocycles. The van der Waals surface area contributed by atoms with Crippen LogP contribution in [0.4, 0.5) is 5.95 Å². The van der Waals surface area contributed by atoms with Gasteiger partial charge in [0.15, 0.2) is 5.76 Å². The van der Waals surface area contributed by atoms with Gasteiger partial charge < -0.3 is 14.7 Å². The number of hydrogen-bond donors (Lipinski definition) is 1. The van der Waals surface area contributed by atoms with Gasteiger partial charge >= 0.3 is 0 Å². The van der Waals surface area contributed by atoms with Crippen LogP contribution in [0.3, 0.4) is 0 Å². The average Bonchev–Trinajstić information content (AvgIpc) is 3.52. The molecule has 0 saturated heterocycles. The average molecular weight is 391 g/mol. The zero-order valence-electron chi connectivity index (χ0n) is 17.2. The largest absolute Gasteiger partial charge is 0.356 e. The predicted molar refractivity (Wildman–Crippen MR) is 111 cm³/mol. The molecule has 0 radical (unpaired) electrons. The van der Waals surface area contributed by atoms with Crippen molar-refractivity contribution in [3.05, 3.63) is 47.3 Å². The quantitative estimate of drug-likeness (QED) is 0.692. The monoisotopic (exact) mass is 391 g/mol. The van der Waals surface area contributed by atoms with Crippen molar-refractivity contribution in [2.45, 2.75) is 33.2 Å². The molecular formula is C22H25N5O2. The Labute approximate surface area is 170 Å². The van der Waals surface area contributed by atoms with Crippen molar-refractivity contribution >= 4 is 11.9 Å². The summed E-state index contributed by atoms with van der Waals surface area (Å²) in [6.07, 6.45) is 3.81. The molecule has 1 fully saturated rings. The number of anilines is 1. The van der Waals surface area contributed by atoms with Crippen LogP contribution >= 0.6 is 0 Å². The zero-order valence-corrected chi connectivity index (χ0v) is 17.2. The first-order valence-electron chi connectivity index (χ1n) is 9.78. The van der Waals surface area contributed by atoms with Gasteiger partial charge in [-0.3, -0.25) is 4.79 Å². The fourth-order valence-corrected chi connectivity index (χ4v) is 3.10. The van der Waals surface area contributed by atoms with E-state index in [2.05, 4.69) is 15.5 Å². The highest BCUT2D eigenvalue weighted by Crippen LogP contribution is 2.34. The number of benzene rings is 1. The van der Waals surface area contributed by atoms with Gasteiger partial charge in [-0.1, -0.05) is 29.4 Å². The molecule has 0 atom stereocenters. The Kier molecular flexibility index (Phi) is 5.05. The highest BCUT2D eigenvalue weighted by Gasteiger charge is 2.29. The van der Waals surface area contributed by atoms with Gasteiger partial charge in [0.2, 0.25) is 11.9 Å². The molecule has 150 valence electrons. The molecule has 1 aliphatic rings. The second-order valence-corrected chi connectivity index (χ2v) is 7.74. The SMILES string of the molecule is Cc1noc(-c2cnc(N(C)C)nc2-c2ccc(CNC(=O)C3CC3)cc2)c1C. The van der Waals surface area contributed by atoms with Crippen molar-refractivity contribution in [1.29, 1.82) is 0 Å². The fourth-order valence-electron chi connectivity index (χ4n) is 3.10. The summed E-state index contributed by atoms with van der Waals surface area (Å²) < 4.78 is 5.57. The minimum atomic E-state index is 0.152. The standard InChI is InChI=1S/C22H25N5O2/c1-13-14(2)26-29-20(13)18-12-24-22(27(3)4)25-19(18)16-7-5-15(6-8-16)11-23-21(28)17-9-10-17/h5-8,12,17H,9-11H2,1-4H3,(H,23,28). The van der Waals surface area contributed by atoms with E-state index in [1.165, 1.54) is 0 Å². The van der Waals surface area contributed by atoms with E-state index in [1.54, 1.807) is 6.20 Å². The summed E-state index contributed by atoms with van der Waals surface area (Å²) in [5.41, 5.74) is 5.44. The molecule has 1 saturated carbocycles. The summed E-state index contributed by atoms with van der Waals surface area (Å²) >= 11 is 0. The van der Waals surface area contributed by atoms with Gasteiger partial charge in [0.1, 0.15) is 0 Å². The number of aromatic nitrogens is 3. The number of rotatable bonds is 6. The number of nitrogens with one attached hydrogen (secondary N) is 1. The van der Waals surface area contributed by atoms with E-state index in [4.69, 9.17) is 9.51 Å². The second-order valence-electron chi connectivity index (χ2n) is 7.74. The molecule has 1 N–H and O–H groups in total. The Bertz CT molecular complexity index is 1040. The van der Waals surface area contributed by atoms with Gasteiger partial charge in [-0.05, 0) is 32.3 Å². The summed E-state index contributed by atoms with van der Waals surface area (Å²) in [6.45, 7) is 4.44. The van der Waals surface area contributed by atoms with Crippen molar-refractivity contribution in [3.63, 3.8) is 0 Å². The van der Waals surface area contributed by atoms with Crippen molar-refractivity contribution in [1.82, 2.24) is 20.4 Å². The number of carbonyl (C=O) groups excluding carboxylic acids is 1. The van der Waals surface area contributed by atoms with E-state index >= 15 is 0 Å². The summed E-state index contributed by atoms with van der Waals surface area (Å²) in [6, 6.07) is 8.06. The molecular weight excluding hydrogens is 366 g/mol. The Hall–Kier alpha value is -3.22. The first-order chi connectivity index (χ1) is 13.9. The molecule has 0 unspecified atom stereocenters. The van der Waals surface area contributed by atoms with Gasteiger partial charge in [0, 0.05) is 43.9 Å². The lowest BCUT2D eigenvalue weighted by Gasteiger charge is -2.14. The fraction of sp³-hybridized carbons (Fsp3) is 0.364. The van der Waals surface area contributed by atoms with Crippen LogP contribution in [0.2, 0.25) is 0 Å². The predicted octanol–water partition coefficient (Wildman–Crippen LogP) is 3.51. The van der Waals surface area contributed by atoms with E-state index in [-0.39, 0.29) is 11.8 Å². The molecule has 7 heteroatoms. The molecule has 0 aliphatic heterocycles. The number of aryl methyl sites for hydroxylation is 1. The Morgan fingerprint density at radius 3 is 2.52 bits per heavy atom. The number of amides is 1. The van der Waals surface area contributed by atoms with Crippen LogP contribution in [0.5, 0.6) is 0 Å². The Morgan fingerprint density at radius 2 is 1.93 bits per heavy atom. The minimum Gasteiger partial charge on any atom is -0.356 e. The van der Waals surface area contributed by atoms with E-state index in [1.807, 2.05) is 57.1 Å². The summed E-state index contributed by atoms with van der Waals surface area (Å²) in [4.78, 5) is 22.9. The molecule has 2 heterocycles. The van der Waals surface area contributed by atoms with Crippen molar-refractivity contribution in [2.24, 2.45) is 5.92 Å². The zero-order chi connectivity index (χ0) is 20.5. The maximum absolute atomic E-state index is 11.9. The van der Waals surface area contributed by atoms with Gasteiger partial charge in [0.05, 0.1) is 17.0 Å². The van der Waals surface area contributed by atoms with Crippen molar-refractivity contribution in [3.8, 4) is 22.6 Å². The third-order valence-electron chi connectivity index (χ3n) is 5.22. The lowest BCUT2D eigenvalue weighted by Crippen LogP contribution is -2.24. The third-order valence-corrected chi connectivity index (χ3v) is 5.22. The molecule has 1 amide bonds. The molecule has 7 nitrogen and oxygen atoms in total. The highest BCUT2D eigenvalue weighted by molar-refractivity contribution is 5.81. The molecule has 3 aromatic rings. The first kappa shape index (κ1) is 19.1. The molecule has 0 bridgehead atoms. The number of nitrogens with zero attached hydrogens (tertiary/aromatic N) is 4. The first-order valence-corrected chi connectivity index (χ1v) is 9.78. The summed E-state index contributed by atoms with van der Waals surface area (Å²) in [5, 5.41) is 7.08. The lowest BCUT2D eigenvalue weighted by atomic mass is 10.0. The van der Waals surface area contributed by atoms with Crippen molar-refractivity contribution in [2.75, 3.05) is 19.0 Å². The smallest absolute Gasteiger partial charge is 0.225 e. The number of hydrogen-bond acceptors (Lipinski definition) is 6. The van der Waals surface area contributed by atoms with E-state index < -0.39 is 0 Å². The van der Waals surface area contributed by atoms with Crippen LogP contribution in [-0.2, 0) is 11.3 Å². The normalized spacial score (nSPS) is 13.4. The van der Waals surface area contributed by atoms with Crippen LogP contribution < -0.4 is 10.2 Å².